The number of anilines is 1. The maximum atomic E-state index is 11.5. The Labute approximate surface area is 158 Å². The molecule has 0 aliphatic rings. The van der Waals surface area contributed by atoms with Gasteiger partial charge in [0.2, 0.25) is 0 Å². The molecule has 0 saturated heterocycles. The number of nitrogens with one attached hydrogen (secondary N) is 2. The monoisotopic (exact) mass is 368 g/mol. The van der Waals surface area contributed by atoms with Gasteiger partial charge in [0.1, 0.15) is 0 Å². The Morgan fingerprint density at radius 2 is 2.04 bits per heavy atom. The number of hydrogen-bond donors (Lipinski definition) is 3. The van der Waals surface area contributed by atoms with Gasteiger partial charge < -0.3 is 15.4 Å². The third kappa shape index (κ3) is 3.95. The first-order chi connectivity index (χ1) is 12.8. The Morgan fingerprint density at radius 3 is 2.70 bits per heavy atom. The second kappa shape index (κ2) is 7.40. The summed E-state index contributed by atoms with van der Waals surface area (Å²) in [5.41, 5.74) is 4.62. The topological polar surface area (TPSA) is 77.4 Å². The Bertz CT molecular complexity index is 970. The summed E-state index contributed by atoms with van der Waals surface area (Å²) >= 11 is 0. The summed E-state index contributed by atoms with van der Waals surface area (Å²) in [6, 6.07) is 11.4. The second-order valence-electron chi connectivity index (χ2n) is 7.22. The van der Waals surface area contributed by atoms with Gasteiger partial charge in [-0.15, -0.1) is 0 Å². The minimum absolute atomic E-state index is 0.469. The number of aliphatic hydroxyl groups is 1. The van der Waals surface area contributed by atoms with Gasteiger partial charge in [0.05, 0.1) is 16.0 Å². The highest BCUT2D eigenvalue weighted by atomic mass is 16.8. The summed E-state index contributed by atoms with van der Waals surface area (Å²) in [7, 11) is 1.35. The highest BCUT2D eigenvalue weighted by Gasteiger charge is 2.20. The van der Waals surface area contributed by atoms with E-state index < -0.39 is 5.60 Å². The Balaban J connectivity index is 1.72. The second-order valence-corrected chi connectivity index (χ2v) is 7.22. The van der Waals surface area contributed by atoms with E-state index in [0.717, 1.165) is 40.7 Å². The van der Waals surface area contributed by atoms with E-state index in [-0.39, 0.29) is 0 Å². The van der Waals surface area contributed by atoms with E-state index in [4.69, 9.17) is 0 Å². The molecule has 0 spiro atoms. The predicted molar refractivity (Wildman–Crippen MR) is 107 cm³/mol. The molecular formula is C21H26N3O3+. The molecule has 1 aromatic heterocycles. The van der Waals surface area contributed by atoms with Crippen molar-refractivity contribution in [1.82, 2.24) is 4.98 Å². The first-order valence-corrected chi connectivity index (χ1v) is 8.99. The van der Waals surface area contributed by atoms with Crippen molar-refractivity contribution in [1.29, 1.82) is 0 Å². The molecule has 0 aliphatic carbocycles. The predicted octanol–water partition coefficient (Wildman–Crippen LogP) is 4.33. The lowest BCUT2D eigenvalue weighted by atomic mass is 9.95. The SMILES string of the molecule is CO[N+](=O)c1ccc(NCCc2c[nH]c3c(C(C)(C)O)cccc23)c(C)c1. The Hall–Kier alpha value is -2.86. The highest BCUT2D eigenvalue weighted by molar-refractivity contribution is 5.86. The van der Waals surface area contributed by atoms with Crippen molar-refractivity contribution in [3.63, 3.8) is 0 Å². The molecule has 0 saturated carbocycles. The number of fused-ring (bicyclic) bond motifs is 1. The normalized spacial score (nSPS) is 11.6. The summed E-state index contributed by atoms with van der Waals surface area (Å²) < 4.78 is 0. The number of para-hydroxylation sites is 1. The van der Waals surface area contributed by atoms with E-state index >= 15 is 0 Å². The molecule has 142 valence electrons. The number of rotatable bonds is 7. The number of aryl methyl sites for hydroxylation is 1. The fourth-order valence-electron chi connectivity index (χ4n) is 3.33. The molecule has 0 amide bonds. The zero-order chi connectivity index (χ0) is 19.6. The number of H-pyrrole nitrogens is 1. The molecule has 6 heteroatoms. The molecule has 3 aromatic rings. The largest absolute Gasteiger partial charge is 0.386 e. The van der Waals surface area contributed by atoms with Gasteiger partial charge in [0.15, 0.2) is 7.11 Å². The number of hydrogen-bond acceptors (Lipinski definition) is 4. The van der Waals surface area contributed by atoms with Crippen LogP contribution in [0.2, 0.25) is 0 Å². The number of aromatic nitrogens is 1. The molecule has 2 aromatic carbocycles. The average molecular weight is 368 g/mol. The van der Waals surface area contributed by atoms with Crippen LogP contribution in [0.1, 0.15) is 30.5 Å². The molecule has 27 heavy (non-hydrogen) atoms. The lowest BCUT2D eigenvalue weighted by molar-refractivity contribution is -0.736. The van der Waals surface area contributed by atoms with Gasteiger partial charge in [-0.05, 0) is 44.4 Å². The van der Waals surface area contributed by atoms with Crippen molar-refractivity contribution < 1.29 is 14.9 Å². The zero-order valence-corrected chi connectivity index (χ0v) is 16.2. The van der Waals surface area contributed by atoms with Gasteiger partial charge in [0.25, 0.3) is 4.92 Å². The summed E-state index contributed by atoms with van der Waals surface area (Å²) in [5, 5.41) is 14.9. The van der Waals surface area contributed by atoms with E-state index in [1.54, 1.807) is 26.0 Å². The maximum Gasteiger partial charge on any atom is 0.317 e. The van der Waals surface area contributed by atoms with E-state index in [9.17, 15) is 10.0 Å². The van der Waals surface area contributed by atoms with Gasteiger partial charge in [-0.2, -0.15) is 0 Å². The van der Waals surface area contributed by atoms with Gasteiger partial charge in [0, 0.05) is 41.5 Å². The first kappa shape index (κ1) is 18.9. The Kier molecular flexibility index (Phi) is 5.19. The molecule has 0 atom stereocenters. The lowest BCUT2D eigenvalue weighted by Crippen LogP contribution is -2.15. The quantitative estimate of drug-likeness (QED) is 0.543. The molecule has 0 bridgehead atoms. The van der Waals surface area contributed by atoms with Crippen LogP contribution in [0.3, 0.4) is 0 Å². The summed E-state index contributed by atoms with van der Waals surface area (Å²) in [4.78, 5) is 20.0. The van der Waals surface area contributed by atoms with Crippen molar-refractivity contribution in [2.45, 2.75) is 32.8 Å². The molecule has 3 N–H and O–H groups in total. The fraction of sp³-hybridized carbons (Fsp3) is 0.333. The van der Waals surface area contributed by atoms with Crippen LogP contribution in [0.15, 0.2) is 42.6 Å². The average Bonchev–Trinajstić information content (AvgIpc) is 3.04. The summed E-state index contributed by atoms with van der Waals surface area (Å²) in [5.74, 6) is 0. The molecule has 0 aliphatic heterocycles. The van der Waals surface area contributed by atoms with Crippen molar-refractivity contribution >= 4 is 22.3 Å². The van der Waals surface area contributed by atoms with Gasteiger partial charge in [-0.25, -0.2) is 4.84 Å². The molecule has 0 radical (unpaired) electrons. The van der Waals surface area contributed by atoms with E-state index in [1.807, 2.05) is 31.3 Å². The van der Waals surface area contributed by atoms with Crippen molar-refractivity contribution in [3.05, 3.63) is 64.2 Å². The minimum Gasteiger partial charge on any atom is -0.386 e. The number of nitrogens with zero attached hydrogens (tertiary/aromatic N) is 1. The van der Waals surface area contributed by atoms with Crippen LogP contribution in [0.25, 0.3) is 10.9 Å². The minimum atomic E-state index is -0.892. The van der Waals surface area contributed by atoms with Gasteiger partial charge >= 0.3 is 5.69 Å². The molecule has 6 nitrogen and oxygen atoms in total. The van der Waals surface area contributed by atoms with Crippen LogP contribution < -0.4 is 5.32 Å². The van der Waals surface area contributed by atoms with Crippen LogP contribution in [0, 0.1) is 11.8 Å². The van der Waals surface area contributed by atoms with E-state index in [2.05, 4.69) is 21.2 Å². The third-order valence-corrected chi connectivity index (χ3v) is 4.76. The van der Waals surface area contributed by atoms with Gasteiger partial charge in [-0.1, -0.05) is 18.2 Å². The molecule has 3 rings (SSSR count). The fourth-order valence-corrected chi connectivity index (χ4v) is 3.33. The van der Waals surface area contributed by atoms with Crippen LogP contribution in [-0.4, -0.2) is 28.7 Å². The smallest absolute Gasteiger partial charge is 0.317 e. The highest BCUT2D eigenvalue weighted by Crippen LogP contribution is 2.29. The molecule has 0 unspecified atom stereocenters. The van der Waals surface area contributed by atoms with E-state index in [1.165, 1.54) is 12.7 Å². The maximum absolute atomic E-state index is 11.5. The Morgan fingerprint density at radius 1 is 1.26 bits per heavy atom. The summed E-state index contributed by atoms with van der Waals surface area (Å²) in [6.45, 7) is 6.30. The molecule has 0 fully saturated rings. The standard InChI is InChI=1S/C21H26N3O3/c1-14-12-16(24(26)27-4)8-9-19(14)22-11-10-15-13-23-20-17(15)6-5-7-18(20)21(2,3)25/h5-9,12-13,22-23,25H,10-11H2,1-4H3/q+1. The van der Waals surface area contributed by atoms with Crippen LogP contribution in [-0.2, 0) is 16.9 Å². The third-order valence-electron chi connectivity index (χ3n) is 4.76. The van der Waals surface area contributed by atoms with Crippen molar-refractivity contribution in [3.8, 4) is 0 Å². The van der Waals surface area contributed by atoms with Crippen molar-refractivity contribution in [2.24, 2.45) is 0 Å². The zero-order valence-electron chi connectivity index (χ0n) is 16.2. The molecule has 1 heterocycles. The molecular weight excluding hydrogens is 342 g/mol. The van der Waals surface area contributed by atoms with Crippen LogP contribution in [0.5, 0.6) is 0 Å². The van der Waals surface area contributed by atoms with E-state index in [0.29, 0.717) is 10.6 Å². The van der Waals surface area contributed by atoms with Crippen LogP contribution in [0.4, 0.5) is 11.4 Å². The lowest BCUT2D eigenvalue weighted by Gasteiger charge is -2.18. The summed E-state index contributed by atoms with van der Waals surface area (Å²) in [6.07, 6.45) is 2.84. The number of benzene rings is 2. The van der Waals surface area contributed by atoms with Gasteiger partial charge in [-0.3, -0.25) is 0 Å². The first-order valence-electron chi connectivity index (χ1n) is 8.99. The van der Waals surface area contributed by atoms with Crippen molar-refractivity contribution in [2.75, 3.05) is 19.0 Å². The number of aromatic amines is 1. The van der Waals surface area contributed by atoms with Crippen LogP contribution >= 0.6 is 0 Å².